The number of hydrogen-bond acceptors (Lipinski definition) is 6. The molecule has 0 saturated carbocycles. The lowest BCUT2D eigenvalue weighted by Crippen LogP contribution is -2.31. The Hall–Kier alpha value is 0.180. The summed E-state index contributed by atoms with van der Waals surface area (Å²) in [7, 11) is -9.13. The van der Waals surface area contributed by atoms with E-state index < -0.39 is 28.4 Å². The molecule has 0 heterocycles. The van der Waals surface area contributed by atoms with Gasteiger partial charge in [0.15, 0.2) is 0 Å². The second kappa shape index (κ2) is 15.9. The van der Waals surface area contributed by atoms with E-state index in [0.717, 1.165) is 57.8 Å². The number of phosphoric acid groups is 2. The van der Waals surface area contributed by atoms with Gasteiger partial charge >= 0.3 is 15.6 Å². The second-order valence-electron chi connectivity index (χ2n) is 7.73. The molecule has 0 radical (unpaired) electrons. The van der Waals surface area contributed by atoms with Gasteiger partial charge in [-0.3, -0.25) is 13.6 Å². The van der Waals surface area contributed by atoms with Crippen molar-refractivity contribution in [3.8, 4) is 0 Å². The molecule has 30 heavy (non-hydrogen) atoms. The van der Waals surface area contributed by atoms with E-state index in [2.05, 4.69) is 29.8 Å². The fourth-order valence-electron chi connectivity index (χ4n) is 3.32. The van der Waals surface area contributed by atoms with Crippen LogP contribution in [0.2, 0.25) is 0 Å². The number of rotatable bonds is 20. The van der Waals surface area contributed by atoms with Crippen LogP contribution in [0.25, 0.3) is 0 Å². The lowest BCUT2D eigenvalue weighted by Gasteiger charge is -2.35. The molecule has 0 aliphatic carbocycles. The molecule has 0 amide bonds. The molecule has 0 rings (SSSR count). The van der Waals surface area contributed by atoms with E-state index >= 15 is 0 Å². The third kappa shape index (κ3) is 15.1. The highest BCUT2D eigenvalue weighted by Crippen LogP contribution is 2.45. The highest BCUT2D eigenvalue weighted by Gasteiger charge is 2.32. The Morgan fingerprint density at radius 2 is 1.30 bits per heavy atom. The van der Waals surface area contributed by atoms with E-state index in [4.69, 9.17) is 19.0 Å². The Morgan fingerprint density at radius 3 is 1.70 bits per heavy atom. The summed E-state index contributed by atoms with van der Waals surface area (Å²) in [5, 5.41) is 0. The van der Waals surface area contributed by atoms with Crippen LogP contribution in [0.15, 0.2) is 0 Å². The number of hydrogen-bond donors (Lipinski definition) is 3. The van der Waals surface area contributed by atoms with Gasteiger partial charge in [-0.1, -0.05) is 59.3 Å². The quantitative estimate of drug-likeness (QED) is 0.203. The molecule has 0 bridgehead atoms. The first-order valence-electron chi connectivity index (χ1n) is 11.0. The summed E-state index contributed by atoms with van der Waals surface area (Å²) in [6.07, 6.45) is 8.48. The summed E-state index contributed by atoms with van der Waals surface area (Å²) < 4.78 is 43.0. The first-order chi connectivity index (χ1) is 14.0. The Morgan fingerprint density at radius 1 is 0.800 bits per heavy atom. The van der Waals surface area contributed by atoms with Crippen LogP contribution >= 0.6 is 15.6 Å². The predicted octanol–water partition coefficient (Wildman–Crippen LogP) is 5.19. The summed E-state index contributed by atoms with van der Waals surface area (Å²) in [5.74, 6) is 0. The van der Waals surface area contributed by atoms with Crippen LogP contribution in [-0.4, -0.2) is 47.2 Å². The zero-order valence-electron chi connectivity index (χ0n) is 19.0. The zero-order chi connectivity index (χ0) is 23.1. The molecule has 2 unspecified atom stereocenters. The minimum atomic E-state index is -4.76. The van der Waals surface area contributed by atoms with E-state index in [-0.39, 0.29) is 18.6 Å². The largest absolute Gasteiger partial charge is 0.472 e. The summed E-state index contributed by atoms with van der Waals surface area (Å²) in [6.45, 7) is 7.68. The molecule has 0 saturated heterocycles. The van der Waals surface area contributed by atoms with Crippen molar-refractivity contribution in [1.29, 1.82) is 0 Å². The van der Waals surface area contributed by atoms with Crippen molar-refractivity contribution >= 4 is 15.6 Å². The van der Waals surface area contributed by atoms with Gasteiger partial charge in [0.2, 0.25) is 0 Å². The second-order valence-corrected chi connectivity index (χ2v) is 10.4. The Bertz CT molecular complexity index is 502. The average molecular weight is 476 g/mol. The van der Waals surface area contributed by atoms with Crippen molar-refractivity contribution in [2.75, 3.05) is 26.4 Å². The summed E-state index contributed by atoms with van der Waals surface area (Å²) in [6, 6.07) is 0. The van der Waals surface area contributed by atoms with E-state index in [0.29, 0.717) is 6.61 Å². The van der Waals surface area contributed by atoms with Gasteiger partial charge in [0.25, 0.3) is 0 Å². The van der Waals surface area contributed by atoms with E-state index in [9.17, 15) is 14.0 Å². The van der Waals surface area contributed by atoms with Crippen molar-refractivity contribution in [3.63, 3.8) is 0 Å². The molecular weight excluding hydrogens is 434 g/mol. The maximum absolute atomic E-state index is 11.9. The maximum Gasteiger partial charge on any atom is 0.472 e. The molecular formula is C19H42O9P2. The average Bonchev–Trinajstić information content (AvgIpc) is 2.66. The van der Waals surface area contributed by atoms with Crippen LogP contribution in [0.5, 0.6) is 0 Å². The minimum Gasteiger partial charge on any atom is -0.378 e. The van der Waals surface area contributed by atoms with Crippen molar-refractivity contribution in [2.45, 2.75) is 91.6 Å². The Balaban J connectivity index is 5.15. The lowest BCUT2D eigenvalue weighted by atomic mass is 9.75. The Labute approximate surface area is 181 Å². The molecule has 11 heteroatoms. The van der Waals surface area contributed by atoms with E-state index in [1.54, 1.807) is 0 Å². The van der Waals surface area contributed by atoms with Gasteiger partial charge in [-0.15, -0.1) is 0 Å². The molecule has 2 atom stereocenters. The fourth-order valence-corrected chi connectivity index (χ4v) is 4.57. The minimum absolute atomic E-state index is 0.0134. The number of unbranched alkanes of at least 4 members (excludes halogenated alkanes) is 3. The molecule has 0 aromatic heterocycles. The molecule has 3 N–H and O–H groups in total. The van der Waals surface area contributed by atoms with E-state index in [1.807, 2.05) is 0 Å². The third-order valence-corrected chi connectivity index (χ3v) is 6.53. The molecule has 9 nitrogen and oxygen atoms in total. The molecule has 0 aromatic carbocycles. The predicted molar refractivity (Wildman–Crippen MR) is 116 cm³/mol. The van der Waals surface area contributed by atoms with Crippen molar-refractivity contribution in [1.82, 2.24) is 0 Å². The summed E-state index contributed by atoms with van der Waals surface area (Å²) in [4.78, 5) is 27.6. The molecule has 0 aromatic rings. The molecule has 0 aliphatic rings. The lowest BCUT2D eigenvalue weighted by molar-refractivity contribution is -0.0353. The maximum atomic E-state index is 11.9. The van der Waals surface area contributed by atoms with Crippen molar-refractivity contribution in [2.24, 2.45) is 5.41 Å². The van der Waals surface area contributed by atoms with Crippen LogP contribution in [0.1, 0.15) is 85.5 Å². The van der Waals surface area contributed by atoms with Gasteiger partial charge in [-0.2, -0.15) is 0 Å². The molecule has 182 valence electrons. The number of ether oxygens (including phenoxy) is 1. The van der Waals surface area contributed by atoms with Gasteiger partial charge in [0.05, 0.1) is 26.4 Å². The topological polar surface area (TPSA) is 132 Å². The highest BCUT2D eigenvalue weighted by atomic mass is 31.2. The van der Waals surface area contributed by atoms with Crippen molar-refractivity contribution in [3.05, 3.63) is 0 Å². The molecule has 0 aliphatic heterocycles. The number of phosphoric ester groups is 2. The van der Waals surface area contributed by atoms with Crippen molar-refractivity contribution < 1.29 is 42.1 Å². The van der Waals surface area contributed by atoms with Crippen LogP contribution in [0.4, 0.5) is 0 Å². The van der Waals surface area contributed by atoms with Crippen LogP contribution < -0.4 is 0 Å². The molecule has 0 spiro atoms. The SMILES string of the molecule is CCCCC(CCCC)(CCCC)COCC(COP(=O)(O)O)OP(=O)(O)OCC. The highest BCUT2D eigenvalue weighted by molar-refractivity contribution is 7.47. The summed E-state index contributed by atoms with van der Waals surface area (Å²) >= 11 is 0. The summed E-state index contributed by atoms with van der Waals surface area (Å²) in [5.41, 5.74) is 0.0134. The fraction of sp³-hybridized carbons (Fsp3) is 1.00. The molecule has 0 fully saturated rings. The first-order valence-corrected chi connectivity index (χ1v) is 14.0. The third-order valence-electron chi connectivity index (χ3n) is 4.90. The monoisotopic (exact) mass is 476 g/mol. The van der Waals surface area contributed by atoms with Gasteiger partial charge in [-0.05, 0) is 31.6 Å². The van der Waals surface area contributed by atoms with E-state index in [1.165, 1.54) is 6.92 Å². The zero-order valence-corrected chi connectivity index (χ0v) is 20.7. The Kier molecular flexibility index (Phi) is 16.0. The van der Waals surface area contributed by atoms with Gasteiger partial charge < -0.3 is 19.4 Å². The normalized spacial score (nSPS) is 15.8. The van der Waals surface area contributed by atoms with Crippen LogP contribution in [-0.2, 0) is 27.4 Å². The smallest absolute Gasteiger partial charge is 0.378 e. The van der Waals surface area contributed by atoms with Gasteiger partial charge in [0, 0.05) is 0 Å². The van der Waals surface area contributed by atoms with Crippen LogP contribution in [0, 0.1) is 5.41 Å². The van der Waals surface area contributed by atoms with Crippen LogP contribution in [0.3, 0.4) is 0 Å². The standard InChI is InChI=1S/C19H42O9P2/c1-5-9-12-19(13-10-6-2,14-11-7-3)17-25-15-18(16-27-29(20,21)22)28-30(23,24)26-8-4/h18H,5-17H2,1-4H3,(H,23,24)(H2,20,21,22). The van der Waals surface area contributed by atoms with Gasteiger partial charge in [0.1, 0.15) is 6.10 Å². The van der Waals surface area contributed by atoms with Gasteiger partial charge in [-0.25, -0.2) is 9.13 Å². The first kappa shape index (κ1) is 30.2.